The van der Waals surface area contributed by atoms with Crippen LogP contribution in [-0.4, -0.2) is 11.1 Å². The van der Waals surface area contributed by atoms with Gasteiger partial charge in [-0.1, -0.05) is 0 Å². The fourth-order valence-corrected chi connectivity index (χ4v) is 0. The molecule has 7 heavy (non-hydrogen) atoms. The quantitative estimate of drug-likeness (QED) is 0.480. The average Bonchev–Trinajstić information content (AvgIpc) is 0.811. The first kappa shape index (κ1) is 24.5. The Labute approximate surface area is 63.3 Å². The predicted molar refractivity (Wildman–Crippen MR) is 35.5 cm³/mol. The van der Waals surface area contributed by atoms with E-state index in [4.69, 9.17) is 9.90 Å². The maximum Gasteiger partial charge on any atom is 0.300 e. The van der Waals surface area contributed by atoms with Gasteiger partial charge in [0.2, 0.25) is 0 Å². The molecule has 0 aliphatic rings. The van der Waals surface area contributed by atoms with Crippen LogP contribution in [0.5, 0.6) is 0 Å². The SMILES string of the molecule is CC(=O)O.P.P.[Pd]. The molecule has 0 heterocycles. The zero-order valence-corrected chi connectivity index (χ0v) is 8.47. The Morgan fingerprint density at radius 1 is 1.43 bits per heavy atom. The number of carboxylic acid groups (broad SMARTS) is 1. The Balaban J connectivity index is -0.0000000150. The minimum absolute atomic E-state index is 0. The Morgan fingerprint density at radius 3 is 1.43 bits per heavy atom. The van der Waals surface area contributed by atoms with Crippen molar-refractivity contribution >= 4 is 25.8 Å². The monoisotopic (exact) mass is 234 g/mol. The smallest absolute Gasteiger partial charge is 0.300 e. The van der Waals surface area contributed by atoms with Crippen molar-refractivity contribution < 1.29 is 30.3 Å². The van der Waals surface area contributed by atoms with E-state index in [1.807, 2.05) is 0 Å². The molecule has 2 nitrogen and oxygen atoms in total. The summed E-state index contributed by atoms with van der Waals surface area (Å²) in [5.41, 5.74) is 0. The van der Waals surface area contributed by atoms with E-state index in [1.165, 1.54) is 0 Å². The van der Waals surface area contributed by atoms with Gasteiger partial charge in [-0.3, -0.25) is 4.79 Å². The summed E-state index contributed by atoms with van der Waals surface area (Å²) in [6, 6.07) is 0. The second kappa shape index (κ2) is 15.8. The second-order valence-corrected chi connectivity index (χ2v) is 0.519. The molecule has 50 valence electrons. The maximum absolute atomic E-state index is 9.00. The molecule has 0 aliphatic heterocycles. The van der Waals surface area contributed by atoms with Gasteiger partial charge in [-0.2, -0.15) is 19.8 Å². The summed E-state index contributed by atoms with van der Waals surface area (Å²) < 4.78 is 0. The minimum atomic E-state index is -0.833. The van der Waals surface area contributed by atoms with Gasteiger partial charge in [0, 0.05) is 27.3 Å². The Morgan fingerprint density at radius 2 is 1.43 bits per heavy atom. The molecule has 0 amide bonds. The molecule has 0 saturated heterocycles. The third-order valence-corrected chi connectivity index (χ3v) is 0. The van der Waals surface area contributed by atoms with Gasteiger partial charge in [0.05, 0.1) is 0 Å². The van der Waals surface area contributed by atoms with Crippen molar-refractivity contribution in [3.8, 4) is 0 Å². The number of aliphatic carboxylic acids is 1. The zero-order chi connectivity index (χ0) is 3.58. The molecule has 0 radical (unpaired) electrons. The van der Waals surface area contributed by atoms with Crippen molar-refractivity contribution in [2.45, 2.75) is 6.92 Å². The number of rotatable bonds is 0. The third-order valence-electron chi connectivity index (χ3n) is 0. The van der Waals surface area contributed by atoms with Crippen molar-refractivity contribution in [3.05, 3.63) is 0 Å². The summed E-state index contributed by atoms with van der Waals surface area (Å²) in [5.74, 6) is -0.833. The number of hydrogen-bond donors (Lipinski definition) is 1. The van der Waals surface area contributed by atoms with Crippen LogP contribution in [0.2, 0.25) is 0 Å². The molecular weight excluding hydrogens is 224 g/mol. The van der Waals surface area contributed by atoms with E-state index in [1.54, 1.807) is 0 Å². The molecule has 0 aromatic rings. The summed E-state index contributed by atoms with van der Waals surface area (Å²) in [6.45, 7) is 1.08. The summed E-state index contributed by atoms with van der Waals surface area (Å²) >= 11 is 0. The van der Waals surface area contributed by atoms with Gasteiger partial charge in [-0.25, -0.2) is 0 Å². The standard InChI is InChI=1S/C2H4O2.2H3P.Pd/c1-2(3)4;;;/h1H3,(H,3,4);2*1H3;. The van der Waals surface area contributed by atoms with Crippen LogP contribution < -0.4 is 0 Å². The van der Waals surface area contributed by atoms with Crippen LogP contribution in [0.15, 0.2) is 0 Å². The van der Waals surface area contributed by atoms with Crippen molar-refractivity contribution in [2.24, 2.45) is 0 Å². The van der Waals surface area contributed by atoms with E-state index in [0.717, 1.165) is 6.92 Å². The molecule has 5 heteroatoms. The molecule has 1 N–H and O–H groups in total. The van der Waals surface area contributed by atoms with Crippen molar-refractivity contribution in [2.75, 3.05) is 0 Å². The van der Waals surface area contributed by atoms with Gasteiger partial charge in [0.1, 0.15) is 0 Å². The van der Waals surface area contributed by atoms with Crippen LogP contribution in [0.4, 0.5) is 0 Å². The number of carboxylic acids is 1. The summed E-state index contributed by atoms with van der Waals surface area (Å²) in [7, 11) is 0. The minimum Gasteiger partial charge on any atom is -0.481 e. The topological polar surface area (TPSA) is 37.3 Å². The molecule has 0 bridgehead atoms. The van der Waals surface area contributed by atoms with Crippen LogP contribution in [0.1, 0.15) is 6.92 Å². The third kappa shape index (κ3) is 177. The van der Waals surface area contributed by atoms with Gasteiger partial charge >= 0.3 is 0 Å². The molecule has 0 aromatic heterocycles. The van der Waals surface area contributed by atoms with Crippen molar-refractivity contribution in [1.29, 1.82) is 0 Å². The first-order valence-electron chi connectivity index (χ1n) is 0.928. The first-order valence-corrected chi connectivity index (χ1v) is 0.928. The summed E-state index contributed by atoms with van der Waals surface area (Å²) in [4.78, 5) is 9.00. The molecule has 0 rings (SSSR count). The van der Waals surface area contributed by atoms with E-state index in [0.29, 0.717) is 0 Å². The molecule has 0 spiro atoms. The van der Waals surface area contributed by atoms with Crippen LogP contribution >= 0.6 is 19.8 Å². The van der Waals surface area contributed by atoms with Crippen LogP contribution in [0, 0.1) is 0 Å². The largest absolute Gasteiger partial charge is 0.481 e. The van der Waals surface area contributed by atoms with Gasteiger partial charge in [0.15, 0.2) is 0 Å². The van der Waals surface area contributed by atoms with Crippen molar-refractivity contribution in [3.63, 3.8) is 0 Å². The summed E-state index contributed by atoms with van der Waals surface area (Å²) in [5, 5.41) is 7.42. The number of hydrogen-bond acceptors (Lipinski definition) is 1. The van der Waals surface area contributed by atoms with E-state index >= 15 is 0 Å². The van der Waals surface area contributed by atoms with Crippen LogP contribution in [0.25, 0.3) is 0 Å². The molecule has 2 atom stereocenters. The van der Waals surface area contributed by atoms with Crippen LogP contribution in [0.3, 0.4) is 0 Å². The molecule has 0 aliphatic carbocycles. The van der Waals surface area contributed by atoms with Crippen molar-refractivity contribution in [1.82, 2.24) is 0 Å². The first-order chi connectivity index (χ1) is 1.73. The fourth-order valence-electron chi connectivity index (χ4n) is 0. The predicted octanol–water partition coefficient (Wildman–Crippen LogP) is 0.205. The van der Waals surface area contributed by atoms with E-state index in [-0.39, 0.29) is 40.2 Å². The maximum atomic E-state index is 9.00. The molecule has 0 aromatic carbocycles. The second-order valence-electron chi connectivity index (χ2n) is 0.519. The Bertz CT molecular complexity index is 36.7. The normalized spacial score (nSPS) is 3.57. The van der Waals surface area contributed by atoms with E-state index in [9.17, 15) is 0 Å². The van der Waals surface area contributed by atoms with E-state index < -0.39 is 5.97 Å². The summed E-state index contributed by atoms with van der Waals surface area (Å²) in [6.07, 6.45) is 0. The molecule has 2 unspecified atom stereocenters. The molecular formula is C2H10O2P2Pd. The number of carbonyl (C=O) groups is 1. The van der Waals surface area contributed by atoms with E-state index in [2.05, 4.69) is 0 Å². The van der Waals surface area contributed by atoms with Gasteiger partial charge in [-0.05, 0) is 0 Å². The Kier molecular flexibility index (Phi) is 55.2. The average molecular weight is 234 g/mol. The molecule has 0 saturated carbocycles. The molecule has 0 fully saturated rings. The van der Waals surface area contributed by atoms with Gasteiger partial charge in [-0.15, -0.1) is 0 Å². The Hall–Kier alpha value is 0.992. The van der Waals surface area contributed by atoms with Gasteiger partial charge < -0.3 is 5.11 Å². The fraction of sp³-hybridized carbons (Fsp3) is 0.500. The van der Waals surface area contributed by atoms with Crippen LogP contribution in [-0.2, 0) is 25.2 Å². The van der Waals surface area contributed by atoms with Gasteiger partial charge in [0.25, 0.3) is 5.97 Å². The zero-order valence-electron chi connectivity index (χ0n) is 4.09.